The monoisotopic (exact) mass is 336 g/mol. The van der Waals surface area contributed by atoms with Crippen molar-refractivity contribution in [1.29, 1.82) is 0 Å². The van der Waals surface area contributed by atoms with Crippen molar-refractivity contribution >= 4 is 22.6 Å². The molecule has 14 heavy (non-hydrogen) atoms. The Kier molecular flexibility index (Phi) is 4.11. The highest BCUT2D eigenvalue weighted by Crippen LogP contribution is 2.46. The molecule has 0 aromatic rings. The maximum Gasteiger partial charge on any atom is 0.426 e. The third-order valence-electron chi connectivity index (χ3n) is 1.48. The van der Waals surface area contributed by atoms with E-state index >= 15 is 0 Å². The van der Waals surface area contributed by atoms with Gasteiger partial charge in [-0.05, 0) is 13.8 Å². The van der Waals surface area contributed by atoms with E-state index in [4.69, 9.17) is 0 Å². The van der Waals surface area contributed by atoms with E-state index in [9.17, 15) is 26.3 Å². The minimum atomic E-state index is -5.48. The van der Waals surface area contributed by atoms with Crippen LogP contribution in [-0.2, 0) is 4.74 Å². The molecule has 0 fully saturated rings. The minimum absolute atomic E-state index is 0.0256. The summed E-state index contributed by atoms with van der Waals surface area (Å²) in [7, 11) is 0. The van der Waals surface area contributed by atoms with Crippen LogP contribution in [0.25, 0.3) is 0 Å². The molecule has 0 bridgehead atoms. The fourth-order valence-corrected chi connectivity index (χ4v) is 1.13. The molecule has 0 amide bonds. The van der Waals surface area contributed by atoms with Gasteiger partial charge in [0.1, 0.15) is 4.11 Å². The highest BCUT2D eigenvalue weighted by atomic mass is 127. The SMILES string of the molecule is CC(I)OC(C)(C(F)(F)F)C(F)(F)F. The predicted molar refractivity (Wildman–Crippen MR) is 45.1 cm³/mol. The molecule has 0 aromatic carbocycles. The second kappa shape index (κ2) is 4.03. The van der Waals surface area contributed by atoms with Gasteiger partial charge in [-0.15, -0.1) is 0 Å². The van der Waals surface area contributed by atoms with Crippen LogP contribution in [0.15, 0.2) is 0 Å². The molecule has 0 saturated carbocycles. The van der Waals surface area contributed by atoms with Gasteiger partial charge < -0.3 is 4.74 Å². The maximum atomic E-state index is 12.1. The molecule has 0 aliphatic rings. The molecule has 1 unspecified atom stereocenters. The lowest BCUT2D eigenvalue weighted by Crippen LogP contribution is -2.57. The Labute approximate surface area is 89.9 Å². The van der Waals surface area contributed by atoms with Crippen molar-refractivity contribution in [3.63, 3.8) is 0 Å². The molecular formula is C6H7F6IO. The van der Waals surface area contributed by atoms with Crippen molar-refractivity contribution in [2.24, 2.45) is 0 Å². The molecule has 1 nitrogen and oxygen atoms in total. The van der Waals surface area contributed by atoms with Crippen LogP contribution in [0.4, 0.5) is 26.3 Å². The van der Waals surface area contributed by atoms with E-state index in [0.717, 1.165) is 6.92 Å². The minimum Gasteiger partial charge on any atom is -0.344 e. The van der Waals surface area contributed by atoms with Crippen LogP contribution >= 0.6 is 22.6 Å². The first-order valence-corrected chi connectivity index (χ1v) is 4.61. The molecule has 1 atom stereocenters. The smallest absolute Gasteiger partial charge is 0.344 e. The molecule has 0 radical (unpaired) electrons. The number of alkyl halides is 7. The van der Waals surface area contributed by atoms with E-state index in [-0.39, 0.29) is 6.92 Å². The first-order valence-electron chi connectivity index (χ1n) is 3.37. The molecule has 0 aliphatic carbocycles. The van der Waals surface area contributed by atoms with Crippen LogP contribution in [0.3, 0.4) is 0 Å². The summed E-state index contributed by atoms with van der Waals surface area (Å²) in [6.45, 7) is 1.07. The molecule has 86 valence electrons. The van der Waals surface area contributed by atoms with E-state index in [1.54, 1.807) is 0 Å². The zero-order valence-corrected chi connectivity index (χ0v) is 9.29. The normalized spacial score (nSPS) is 16.9. The first kappa shape index (κ1) is 14.3. The second-order valence-electron chi connectivity index (χ2n) is 2.69. The summed E-state index contributed by atoms with van der Waals surface area (Å²) in [6, 6.07) is 0. The lowest BCUT2D eigenvalue weighted by Gasteiger charge is -2.34. The molecule has 0 rings (SSSR count). The summed E-state index contributed by atoms with van der Waals surface area (Å²) in [6.07, 6.45) is -11.0. The summed E-state index contributed by atoms with van der Waals surface area (Å²) in [5.74, 6) is 0. The van der Waals surface area contributed by atoms with Crippen LogP contribution in [0.1, 0.15) is 13.8 Å². The number of halogens is 7. The molecule has 0 aliphatic heterocycles. The van der Waals surface area contributed by atoms with Gasteiger partial charge in [0.15, 0.2) is 0 Å². The highest BCUT2D eigenvalue weighted by molar-refractivity contribution is 14.1. The van der Waals surface area contributed by atoms with Crippen molar-refractivity contribution in [3.05, 3.63) is 0 Å². The largest absolute Gasteiger partial charge is 0.426 e. The zero-order chi connectivity index (χ0) is 11.8. The van der Waals surface area contributed by atoms with Gasteiger partial charge in [-0.2, -0.15) is 26.3 Å². The van der Waals surface area contributed by atoms with Crippen molar-refractivity contribution < 1.29 is 31.1 Å². The Hall–Kier alpha value is 0.270. The van der Waals surface area contributed by atoms with E-state index < -0.39 is 22.1 Å². The van der Waals surface area contributed by atoms with Crippen LogP contribution in [-0.4, -0.2) is 22.1 Å². The van der Waals surface area contributed by atoms with Crippen LogP contribution in [0.5, 0.6) is 0 Å². The Balaban J connectivity index is 5.07. The number of hydrogen-bond acceptors (Lipinski definition) is 1. The van der Waals surface area contributed by atoms with Gasteiger partial charge in [0.25, 0.3) is 5.60 Å². The highest BCUT2D eigenvalue weighted by Gasteiger charge is 2.69. The van der Waals surface area contributed by atoms with Gasteiger partial charge in [0, 0.05) is 0 Å². The lowest BCUT2D eigenvalue weighted by atomic mass is 10.1. The summed E-state index contributed by atoms with van der Waals surface area (Å²) < 4.78 is 75.4. The average molecular weight is 336 g/mol. The van der Waals surface area contributed by atoms with Crippen LogP contribution in [0, 0.1) is 0 Å². The molecule has 0 heterocycles. The molecule has 0 aromatic heterocycles. The van der Waals surface area contributed by atoms with Gasteiger partial charge >= 0.3 is 12.4 Å². The molecular weight excluding hydrogens is 329 g/mol. The topological polar surface area (TPSA) is 9.23 Å². The van der Waals surface area contributed by atoms with Crippen molar-refractivity contribution in [1.82, 2.24) is 0 Å². The Morgan fingerprint density at radius 2 is 1.29 bits per heavy atom. The predicted octanol–water partition coefficient (Wildman–Crippen LogP) is 3.67. The zero-order valence-electron chi connectivity index (χ0n) is 7.13. The number of hydrogen-bond donors (Lipinski definition) is 0. The summed E-state index contributed by atoms with van der Waals surface area (Å²) in [5, 5.41) is 0. The molecule has 0 N–H and O–H groups in total. The van der Waals surface area contributed by atoms with Gasteiger partial charge in [0.2, 0.25) is 0 Å². The fourth-order valence-electron chi connectivity index (χ4n) is 0.619. The Bertz CT molecular complexity index is 181. The third-order valence-corrected chi connectivity index (χ3v) is 1.73. The van der Waals surface area contributed by atoms with Crippen LogP contribution < -0.4 is 0 Å². The number of ether oxygens (including phenoxy) is 1. The van der Waals surface area contributed by atoms with Gasteiger partial charge in [0.05, 0.1) is 0 Å². The Morgan fingerprint density at radius 1 is 1.00 bits per heavy atom. The van der Waals surface area contributed by atoms with Gasteiger partial charge in [-0.3, -0.25) is 0 Å². The fraction of sp³-hybridized carbons (Fsp3) is 1.00. The number of rotatable bonds is 2. The van der Waals surface area contributed by atoms with E-state index in [1.165, 1.54) is 22.6 Å². The molecule has 0 saturated heterocycles. The van der Waals surface area contributed by atoms with Crippen LogP contribution in [0.2, 0.25) is 0 Å². The summed E-state index contributed by atoms with van der Waals surface area (Å²) >= 11 is 1.33. The Morgan fingerprint density at radius 3 is 1.36 bits per heavy atom. The molecule has 0 spiro atoms. The van der Waals surface area contributed by atoms with Crippen molar-refractivity contribution in [2.45, 2.75) is 35.9 Å². The maximum absolute atomic E-state index is 12.1. The van der Waals surface area contributed by atoms with Gasteiger partial charge in [-0.25, -0.2) is 0 Å². The van der Waals surface area contributed by atoms with Crippen molar-refractivity contribution in [3.8, 4) is 0 Å². The standard InChI is InChI=1S/C6H7F6IO/c1-3(13)14-4(2,5(7,8)9)6(10,11)12/h3H,1-2H3. The van der Waals surface area contributed by atoms with Gasteiger partial charge in [-0.1, -0.05) is 22.6 Å². The quantitative estimate of drug-likeness (QED) is 0.425. The first-order chi connectivity index (χ1) is 5.92. The summed E-state index contributed by atoms with van der Waals surface area (Å²) in [4.78, 5) is 0. The van der Waals surface area contributed by atoms with Crippen molar-refractivity contribution in [2.75, 3.05) is 0 Å². The van der Waals surface area contributed by atoms with E-state index in [1.807, 2.05) is 0 Å². The lowest BCUT2D eigenvalue weighted by molar-refractivity contribution is -0.374. The van der Waals surface area contributed by atoms with E-state index in [0.29, 0.717) is 0 Å². The summed E-state index contributed by atoms with van der Waals surface area (Å²) in [5.41, 5.74) is -4.11. The molecule has 8 heteroatoms. The third kappa shape index (κ3) is 2.88. The second-order valence-corrected chi connectivity index (χ2v) is 4.44. The average Bonchev–Trinajstić information content (AvgIpc) is 1.79. The van der Waals surface area contributed by atoms with E-state index in [2.05, 4.69) is 4.74 Å².